The summed E-state index contributed by atoms with van der Waals surface area (Å²) < 4.78 is 6.14. The number of amides is 6. The molecular weight excluding hydrogens is 725 g/mol. The number of benzene rings is 2. The number of carbonyl (C=O) groups excluding carboxylic acids is 6. The van der Waals surface area contributed by atoms with E-state index in [9.17, 15) is 28.8 Å². The first-order chi connectivity index (χ1) is 26.6. The summed E-state index contributed by atoms with van der Waals surface area (Å²) in [4.78, 5) is 88.8. The summed E-state index contributed by atoms with van der Waals surface area (Å²) in [6, 6.07) is 13.7. The highest BCUT2D eigenvalue weighted by atomic mass is 32.1. The van der Waals surface area contributed by atoms with Crippen LogP contribution in [0.1, 0.15) is 77.5 Å². The van der Waals surface area contributed by atoms with Crippen molar-refractivity contribution in [2.24, 2.45) is 5.92 Å². The maximum Gasteiger partial charge on any atom is 0.261 e. The molecule has 5 heterocycles. The number of piperidine rings is 2. The summed E-state index contributed by atoms with van der Waals surface area (Å²) in [5.41, 5.74) is 8.95. The van der Waals surface area contributed by atoms with Gasteiger partial charge in [0.05, 0.1) is 17.2 Å². The minimum absolute atomic E-state index is 0.00494. The highest BCUT2D eigenvalue weighted by Crippen LogP contribution is 2.35. The van der Waals surface area contributed by atoms with Crippen LogP contribution in [0.15, 0.2) is 48.5 Å². The monoisotopic (exact) mass is 766 g/mol. The fourth-order valence-corrected chi connectivity index (χ4v) is 8.31. The molecule has 3 aliphatic rings. The number of likely N-dealkylation sites (tertiary alicyclic amines) is 1. The molecular formula is C39H42N8O7S. The Morgan fingerprint density at radius 3 is 2.60 bits per heavy atom. The number of hydrogen-bond donors (Lipinski definition) is 4. The number of imide groups is 1. The minimum atomic E-state index is -0.750. The van der Waals surface area contributed by atoms with Crippen LogP contribution in [-0.2, 0) is 25.7 Å². The van der Waals surface area contributed by atoms with E-state index < -0.39 is 11.9 Å². The lowest BCUT2D eigenvalue weighted by Crippen LogP contribution is -2.52. The van der Waals surface area contributed by atoms with Gasteiger partial charge >= 0.3 is 0 Å². The second-order valence-corrected chi connectivity index (χ2v) is 14.9. The standard InChI is InChI=1S/C39H42N8O7S/c1-2-41-36(52)30-20-26-34(44-39(40)45-37(26)55-30)23-5-3-6-24(19-23)54-18-15-22-13-16-46(17-14-22)33(50)12-11-31(48)42-28-8-4-7-25-27(28)21-47(38(25)53)29-9-10-32(49)43-35(29)51/h3-8,19-20,22,29H,2,9-18,21H2,1H3,(H,41,52)(H,42,48)(H2,40,44,45)(H,43,49,51). The third-order valence-electron chi connectivity index (χ3n) is 10.3. The Kier molecular flexibility index (Phi) is 11.0. The van der Waals surface area contributed by atoms with Crippen LogP contribution in [0.25, 0.3) is 21.5 Å². The van der Waals surface area contributed by atoms with Gasteiger partial charge in [0, 0.05) is 73.2 Å². The highest BCUT2D eigenvalue weighted by Gasteiger charge is 2.40. The Labute approximate surface area is 321 Å². The zero-order chi connectivity index (χ0) is 38.6. The summed E-state index contributed by atoms with van der Waals surface area (Å²) in [5.74, 6) is -0.558. The van der Waals surface area contributed by atoms with Crippen LogP contribution >= 0.6 is 11.3 Å². The van der Waals surface area contributed by atoms with Crippen LogP contribution in [-0.4, -0.2) is 87.5 Å². The van der Waals surface area contributed by atoms with Crippen molar-refractivity contribution in [2.75, 3.05) is 37.3 Å². The molecule has 2 saturated heterocycles. The van der Waals surface area contributed by atoms with E-state index in [0.717, 1.165) is 30.2 Å². The Morgan fingerprint density at radius 1 is 1.02 bits per heavy atom. The number of nitrogens with one attached hydrogen (secondary N) is 3. The molecule has 6 amide bonds. The van der Waals surface area contributed by atoms with Gasteiger partial charge in [-0.15, -0.1) is 11.3 Å². The smallest absolute Gasteiger partial charge is 0.261 e. The predicted octanol–water partition coefficient (Wildman–Crippen LogP) is 3.88. The molecule has 0 spiro atoms. The summed E-state index contributed by atoms with van der Waals surface area (Å²) >= 11 is 1.27. The van der Waals surface area contributed by atoms with Crippen molar-refractivity contribution in [1.29, 1.82) is 0 Å². The highest BCUT2D eigenvalue weighted by molar-refractivity contribution is 7.20. The first kappa shape index (κ1) is 37.4. The van der Waals surface area contributed by atoms with Gasteiger partial charge in [-0.3, -0.25) is 34.1 Å². The Hall–Kier alpha value is -5.90. The van der Waals surface area contributed by atoms with E-state index >= 15 is 0 Å². The largest absolute Gasteiger partial charge is 0.494 e. The van der Waals surface area contributed by atoms with Crippen molar-refractivity contribution >= 4 is 68.6 Å². The molecule has 15 nitrogen and oxygen atoms in total. The van der Waals surface area contributed by atoms with Gasteiger partial charge in [0.1, 0.15) is 16.6 Å². The molecule has 0 saturated carbocycles. The van der Waals surface area contributed by atoms with Crippen molar-refractivity contribution in [1.82, 2.24) is 30.4 Å². The molecule has 2 fully saturated rings. The fourth-order valence-electron chi connectivity index (χ4n) is 7.36. The lowest BCUT2D eigenvalue weighted by Gasteiger charge is -2.32. The van der Waals surface area contributed by atoms with Gasteiger partial charge in [0.15, 0.2) is 0 Å². The van der Waals surface area contributed by atoms with E-state index in [1.54, 1.807) is 29.2 Å². The predicted molar refractivity (Wildman–Crippen MR) is 205 cm³/mol. The number of anilines is 2. The second kappa shape index (κ2) is 16.2. The van der Waals surface area contributed by atoms with Crippen molar-refractivity contribution < 1.29 is 33.5 Å². The van der Waals surface area contributed by atoms with Crippen molar-refractivity contribution in [2.45, 2.75) is 64.5 Å². The quantitative estimate of drug-likeness (QED) is 0.153. The molecule has 0 aliphatic carbocycles. The first-order valence-electron chi connectivity index (χ1n) is 18.5. The average Bonchev–Trinajstić information content (AvgIpc) is 3.75. The van der Waals surface area contributed by atoms with Crippen LogP contribution in [0.2, 0.25) is 0 Å². The van der Waals surface area contributed by atoms with E-state index in [1.165, 1.54) is 16.2 Å². The van der Waals surface area contributed by atoms with Crippen LogP contribution in [0.3, 0.4) is 0 Å². The van der Waals surface area contributed by atoms with E-state index in [2.05, 4.69) is 25.9 Å². The zero-order valence-corrected chi connectivity index (χ0v) is 31.2. The van der Waals surface area contributed by atoms with Crippen LogP contribution in [0.4, 0.5) is 11.6 Å². The number of aromatic nitrogens is 2. The summed E-state index contributed by atoms with van der Waals surface area (Å²) in [5, 5.41) is 8.71. The van der Waals surface area contributed by atoms with Gasteiger partial charge in [-0.2, -0.15) is 0 Å². The molecule has 1 unspecified atom stereocenters. The van der Waals surface area contributed by atoms with Gasteiger partial charge in [0.25, 0.3) is 11.8 Å². The Morgan fingerprint density at radius 2 is 1.82 bits per heavy atom. The van der Waals surface area contributed by atoms with Gasteiger partial charge in [-0.1, -0.05) is 18.2 Å². The Balaban J connectivity index is 0.859. The lowest BCUT2D eigenvalue weighted by atomic mass is 9.93. The van der Waals surface area contributed by atoms with Crippen LogP contribution < -0.4 is 26.4 Å². The van der Waals surface area contributed by atoms with E-state index in [4.69, 9.17) is 10.5 Å². The minimum Gasteiger partial charge on any atom is -0.494 e. The third kappa shape index (κ3) is 8.28. The maximum absolute atomic E-state index is 13.1. The average molecular weight is 767 g/mol. The summed E-state index contributed by atoms with van der Waals surface area (Å²) in [6.45, 7) is 4.24. The van der Waals surface area contributed by atoms with Crippen molar-refractivity contribution in [3.63, 3.8) is 0 Å². The van der Waals surface area contributed by atoms with Crippen LogP contribution in [0.5, 0.6) is 5.75 Å². The van der Waals surface area contributed by atoms with Gasteiger partial charge < -0.3 is 30.9 Å². The topological polar surface area (TPSA) is 206 Å². The number of thiophene rings is 1. The number of fused-ring (bicyclic) bond motifs is 2. The third-order valence-corrected chi connectivity index (χ3v) is 11.3. The number of carbonyl (C=O) groups is 6. The van der Waals surface area contributed by atoms with Gasteiger partial charge in [-0.05, 0) is 68.9 Å². The van der Waals surface area contributed by atoms with Gasteiger partial charge in [-0.25, -0.2) is 9.97 Å². The fraction of sp³-hybridized carbons (Fsp3) is 0.385. The van der Waals surface area contributed by atoms with Crippen molar-refractivity contribution in [3.8, 4) is 17.0 Å². The van der Waals surface area contributed by atoms with Crippen LogP contribution in [0, 0.1) is 5.92 Å². The molecule has 1 atom stereocenters. The zero-order valence-electron chi connectivity index (χ0n) is 30.4. The van der Waals surface area contributed by atoms with E-state index in [1.807, 2.05) is 31.2 Å². The molecule has 2 aromatic carbocycles. The number of nitrogens with two attached hydrogens (primary N) is 1. The molecule has 286 valence electrons. The molecule has 2 aromatic heterocycles. The number of hydrogen-bond acceptors (Lipinski definition) is 11. The molecule has 4 aromatic rings. The number of nitrogen functional groups attached to an aromatic ring is 1. The SMILES string of the molecule is CCNC(=O)c1cc2c(-c3cccc(OCCC4CCN(C(=O)CCC(=O)Nc5cccc6c5CN(C5CCC(=O)NC5=O)C6=O)CC4)c3)nc(N)nc2s1. The molecule has 0 bridgehead atoms. The molecule has 7 rings (SSSR count). The molecule has 5 N–H and O–H groups in total. The number of rotatable bonds is 12. The number of ether oxygens (including phenoxy) is 1. The summed E-state index contributed by atoms with van der Waals surface area (Å²) in [7, 11) is 0. The second-order valence-electron chi connectivity index (χ2n) is 13.9. The normalized spacial score (nSPS) is 17.3. The Bertz CT molecular complexity index is 2180. The van der Waals surface area contributed by atoms with E-state index in [0.29, 0.717) is 70.1 Å². The molecule has 3 aliphatic heterocycles. The maximum atomic E-state index is 13.1. The van der Waals surface area contributed by atoms with Crippen molar-refractivity contribution in [3.05, 3.63) is 64.5 Å². The molecule has 16 heteroatoms. The lowest BCUT2D eigenvalue weighted by molar-refractivity contribution is -0.137. The van der Waals surface area contributed by atoms with Gasteiger partial charge in [0.2, 0.25) is 29.6 Å². The molecule has 0 radical (unpaired) electrons. The summed E-state index contributed by atoms with van der Waals surface area (Å²) in [6.07, 6.45) is 2.95. The number of nitrogens with zero attached hydrogens (tertiary/aromatic N) is 4. The first-order valence-corrected chi connectivity index (χ1v) is 19.3. The molecule has 55 heavy (non-hydrogen) atoms. The van der Waals surface area contributed by atoms with E-state index in [-0.39, 0.29) is 67.7 Å².